The first kappa shape index (κ1) is 20.5. The van der Waals surface area contributed by atoms with E-state index >= 15 is 0 Å². The highest BCUT2D eigenvalue weighted by Gasteiger charge is 2.16. The number of hydrogen-bond acceptors (Lipinski definition) is 7. The lowest BCUT2D eigenvalue weighted by molar-refractivity contribution is -0.113. The zero-order valence-electron chi connectivity index (χ0n) is 15.1. The minimum absolute atomic E-state index is 0.00506. The van der Waals surface area contributed by atoms with E-state index in [4.69, 9.17) is 20.8 Å². The molecule has 0 bridgehead atoms. The highest BCUT2D eigenvalue weighted by molar-refractivity contribution is 7.99. The first-order valence-corrected chi connectivity index (χ1v) is 11.2. The Hall–Kier alpha value is -2.23. The number of rotatable bonds is 7. The molecule has 0 unspecified atom stereocenters. The number of carbonyl (C=O) groups is 1. The van der Waals surface area contributed by atoms with Crippen molar-refractivity contribution >= 4 is 55.9 Å². The van der Waals surface area contributed by atoms with Crippen molar-refractivity contribution in [3.8, 4) is 5.75 Å². The molecule has 0 aliphatic carbocycles. The van der Waals surface area contributed by atoms with Crippen LogP contribution < -0.4 is 10.1 Å². The third kappa shape index (κ3) is 4.60. The predicted octanol–water partition coefficient (Wildman–Crippen LogP) is 4.01. The summed E-state index contributed by atoms with van der Waals surface area (Å²) in [5, 5.41) is 3.47. The molecule has 0 fully saturated rings. The average molecular weight is 441 g/mol. The summed E-state index contributed by atoms with van der Waals surface area (Å²) in [5.41, 5.74) is 1.34. The van der Waals surface area contributed by atoms with Crippen molar-refractivity contribution < 1.29 is 22.4 Å². The van der Waals surface area contributed by atoms with Crippen molar-refractivity contribution in [1.82, 2.24) is 4.98 Å². The van der Waals surface area contributed by atoms with E-state index in [-0.39, 0.29) is 27.5 Å². The molecule has 0 aliphatic heterocycles. The topological polar surface area (TPSA) is 98.5 Å². The number of anilines is 1. The van der Waals surface area contributed by atoms with Crippen LogP contribution in [0.3, 0.4) is 0 Å². The molecule has 3 rings (SSSR count). The van der Waals surface area contributed by atoms with Crippen LogP contribution in [0.25, 0.3) is 11.1 Å². The number of amides is 1. The number of nitrogens with one attached hydrogen (secondary N) is 1. The molecule has 0 radical (unpaired) electrons. The van der Waals surface area contributed by atoms with Gasteiger partial charge < -0.3 is 14.5 Å². The van der Waals surface area contributed by atoms with Gasteiger partial charge in [0.2, 0.25) is 5.91 Å². The summed E-state index contributed by atoms with van der Waals surface area (Å²) in [6, 6.07) is 9.44. The molecule has 1 heterocycles. The lowest BCUT2D eigenvalue weighted by Crippen LogP contribution is -2.14. The number of methoxy groups -OCH3 is 1. The second-order valence-electron chi connectivity index (χ2n) is 5.69. The molecule has 10 heteroatoms. The van der Waals surface area contributed by atoms with Gasteiger partial charge in [-0.05, 0) is 36.4 Å². The number of thioether (sulfide) groups is 1. The second kappa shape index (κ2) is 8.42. The number of fused-ring (bicyclic) bond motifs is 1. The Kier molecular flexibility index (Phi) is 6.17. The van der Waals surface area contributed by atoms with E-state index in [1.807, 2.05) is 0 Å². The smallest absolute Gasteiger partial charge is 0.257 e. The Bertz CT molecular complexity index is 1130. The van der Waals surface area contributed by atoms with Gasteiger partial charge >= 0.3 is 0 Å². The quantitative estimate of drug-likeness (QED) is 0.554. The molecule has 1 amide bonds. The van der Waals surface area contributed by atoms with E-state index in [9.17, 15) is 13.2 Å². The molecular formula is C18H17ClN2O5S2. The number of aromatic nitrogens is 1. The highest BCUT2D eigenvalue weighted by Crippen LogP contribution is 2.29. The number of benzene rings is 2. The van der Waals surface area contributed by atoms with Gasteiger partial charge in [0.1, 0.15) is 11.3 Å². The third-order valence-corrected chi connectivity index (χ3v) is 6.64. The van der Waals surface area contributed by atoms with E-state index in [1.54, 1.807) is 31.2 Å². The standard InChI is InChI=1S/C18H17ClN2O5S2/c1-3-28(23,24)12-5-7-16-14(9-12)21-18(26-16)27-10-17(22)20-13-8-11(19)4-6-15(13)25-2/h4-9H,3,10H2,1-2H3,(H,20,22). The summed E-state index contributed by atoms with van der Waals surface area (Å²) in [6.45, 7) is 1.58. The van der Waals surface area contributed by atoms with E-state index < -0.39 is 9.84 Å². The van der Waals surface area contributed by atoms with E-state index in [0.29, 0.717) is 27.6 Å². The van der Waals surface area contributed by atoms with Crippen LogP contribution >= 0.6 is 23.4 Å². The summed E-state index contributed by atoms with van der Waals surface area (Å²) in [6.07, 6.45) is 0. The van der Waals surface area contributed by atoms with E-state index in [2.05, 4.69) is 10.3 Å². The van der Waals surface area contributed by atoms with Crippen LogP contribution in [0.5, 0.6) is 5.75 Å². The fraction of sp³-hybridized carbons (Fsp3) is 0.222. The van der Waals surface area contributed by atoms with Crippen LogP contribution in [0.15, 0.2) is 50.9 Å². The first-order valence-electron chi connectivity index (χ1n) is 8.22. The summed E-state index contributed by atoms with van der Waals surface area (Å²) in [5.74, 6) is 0.254. The molecule has 148 valence electrons. The van der Waals surface area contributed by atoms with Crippen LogP contribution in [0.1, 0.15) is 6.92 Å². The molecule has 2 aromatic carbocycles. The van der Waals surface area contributed by atoms with Crippen LogP contribution in [0, 0.1) is 0 Å². The third-order valence-electron chi connectivity index (χ3n) is 3.84. The molecule has 28 heavy (non-hydrogen) atoms. The molecule has 3 aromatic rings. The summed E-state index contributed by atoms with van der Waals surface area (Å²) in [7, 11) is -1.83. The molecule has 0 spiro atoms. The minimum atomic E-state index is -3.33. The monoisotopic (exact) mass is 440 g/mol. The normalized spacial score (nSPS) is 11.5. The molecule has 7 nitrogen and oxygen atoms in total. The first-order chi connectivity index (χ1) is 13.3. The predicted molar refractivity (Wildman–Crippen MR) is 109 cm³/mol. The maximum Gasteiger partial charge on any atom is 0.257 e. The number of oxazole rings is 1. The van der Waals surface area contributed by atoms with E-state index in [1.165, 1.54) is 19.2 Å². The summed E-state index contributed by atoms with van der Waals surface area (Å²) < 4.78 is 34.7. The van der Waals surface area contributed by atoms with Gasteiger partial charge in [0.25, 0.3) is 5.22 Å². The lowest BCUT2D eigenvalue weighted by Gasteiger charge is -2.09. The number of sulfone groups is 1. The van der Waals surface area contributed by atoms with Crippen molar-refractivity contribution in [1.29, 1.82) is 0 Å². The maximum absolute atomic E-state index is 12.2. The van der Waals surface area contributed by atoms with Gasteiger partial charge in [0.15, 0.2) is 15.4 Å². The lowest BCUT2D eigenvalue weighted by atomic mass is 10.3. The Morgan fingerprint density at radius 3 is 2.79 bits per heavy atom. The zero-order chi connectivity index (χ0) is 20.3. The van der Waals surface area contributed by atoms with Gasteiger partial charge in [-0.1, -0.05) is 30.3 Å². The Morgan fingerprint density at radius 1 is 1.29 bits per heavy atom. The van der Waals surface area contributed by atoms with Gasteiger partial charge in [-0.25, -0.2) is 13.4 Å². The summed E-state index contributed by atoms with van der Waals surface area (Å²) in [4.78, 5) is 16.7. The van der Waals surface area contributed by atoms with Crippen molar-refractivity contribution in [3.63, 3.8) is 0 Å². The molecule has 1 aromatic heterocycles. The van der Waals surface area contributed by atoms with Gasteiger partial charge in [0, 0.05) is 5.02 Å². The largest absolute Gasteiger partial charge is 0.495 e. The fourth-order valence-corrected chi connectivity index (χ4v) is 4.11. The molecule has 0 atom stereocenters. The van der Waals surface area contributed by atoms with Gasteiger partial charge in [-0.3, -0.25) is 4.79 Å². The van der Waals surface area contributed by atoms with Gasteiger partial charge in [-0.15, -0.1) is 0 Å². The average Bonchev–Trinajstić information content (AvgIpc) is 3.08. The summed E-state index contributed by atoms with van der Waals surface area (Å²) >= 11 is 7.05. The Balaban J connectivity index is 1.70. The molecule has 0 saturated carbocycles. The Morgan fingerprint density at radius 2 is 2.07 bits per heavy atom. The maximum atomic E-state index is 12.2. The van der Waals surface area contributed by atoms with Crippen molar-refractivity contribution in [3.05, 3.63) is 41.4 Å². The van der Waals surface area contributed by atoms with Crippen LogP contribution in [-0.2, 0) is 14.6 Å². The van der Waals surface area contributed by atoms with Crippen LogP contribution in [0.4, 0.5) is 5.69 Å². The number of carbonyl (C=O) groups excluding carboxylic acids is 1. The SMILES string of the molecule is CCS(=O)(=O)c1ccc2oc(SCC(=O)Nc3cc(Cl)ccc3OC)nc2c1. The molecule has 0 saturated heterocycles. The zero-order valence-corrected chi connectivity index (χ0v) is 17.5. The molecule has 0 aliphatic rings. The Labute approximate surface area is 171 Å². The molecule has 1 N–H and O–H groups in total. The van der Waals surface area contributed by atoms with E-state index in [0.717, 1.165) is 11.8 Å². The number of halogens is 1. The van der Waals surface area contributed by atoms with Crippen LogP contribution in [-0.4, -0.2) is 37.9 Å². The van der Waals surface area contributed by atoms with Crippen molar-refractivity contribution in [2.75, 3.05) is 23.9 Å². The number of hydrogen-bond donors (Lipinski definition) is 1. The van der Waals surface area contributed by atoms with Crippen LogP contribution in [0.2, 0.25) is 5.02 Å². The highest BCUT2D eigenvalue weighted by atomic mass is 35.5. The fourth-order valence-electron chi connectivity index (χ4n) is 2.40. The van der Waals surface area contributed by atoms with Crippen molar-refractivity contribution in [2.45, 2.75) is 17.0 Å². The van der Waals surface area contributed by atoms with Crippen molar-refractivity contribution in [2.24, 2.45) is 0 Å². The van der Waals surface area contributed by atoms with Gasteiger partial charge in [0.05, 0.1) is 29.2 Å². The molecular weight excluding hydrogens is 424 g/mol. The van der Waals surface area contributed by atoms with Gasteiger partial charge in [-0.2, -0.15) is 0 Å². The minimum Gasteiger partial charge on any atom is -0.495 e. The number of nitrogens with zero attached hydrogens (tertiary/aromatic N) is 1. The number of ether oxygens (including phenoxy) is 1. The second-order valence-corrected chi connectivity index (χ2v) is 9.34.